The molecule has 384 valence electrons. The van der Waals surface area contributed by atoms with Crippen LogP contribution in [-0.2, 0) is 34.1 Å². The Labute approximate surface area is 429 Å². The van der Waals surface area contributed by atoms with Crippen LogP contribution < -0.4 is 9.47 Å². The zero-order valence-corrected chi connectivity index (χ0v) is 42.1. The number of hydrogen-bond donors (Lipinski definition) is 2. The SMILES string of the molecule is C=CCO[C@@]12Oc3ccc(OCc4cccc(C)n4)cc3[C@H]3[C@H](CCCCO)[C@@H](CCCCO)C=C(C(=NOCc4ccc([N+](=O)[O-])cc4)C[C@@H]1N(Cc1cccc4ccccc14)C(=O)CCC1CCCC1)[C@H]32. The number of aromatic nitrogens is 1. The molecule has 4 aromatic carbocycles. The first-order valence-corrected chi connectivity index (χ1v) is 26.4. The molecular formula is C60H70N4O9. The molecule has 2 saturated carbocycles. The quantitative estimate of drug-likeness (QED) is 0.0263. The van der Waals surface area contributed by atoms with Crippen LogP contribution in [0, 0.1) is 40.7 Å². The van der Waals surface area contributed by atoms with Gasteiger partial charge >= 0.3 is 0 Å². The number of aryl methyl sites for hydroxylation is 1. The minimum Gasteiger partial charge on any atom is -0.487 e. The second-order valence-corrected chi connectivity index (χ2v) is 20.4. The molecule has 0 saturated heterocycles. The molecule has 9 rings (SSSR count). The smallest absolute Gasteiger partial charge is 0.269 e. The number of non-ortho nitro benzene ring substituents is 1. The van der Waals surface area contributed by atoms with Crippen molar-refractivity contribution in [2.45, 2.75) is 128 Å². The zero-order valence-electron chi connectivity index (χ0n) is 42.1. The highest BCUT2D eigenvalue weighted by Gasteiger charge is 2.65. The van der Waals surface area contributed by atoms with Gasteiger partial charge in [-0.1, -0.05) is 104 Å². The summed E-state index contributed by atoms with van der Waals surface area (Å²) in [6.07, 6.45) is 14.6. The number of carbonyl (C=O) groups excluding carboxylic acids is 1. The number of unbranched alkanes of at least 4 members (excludes halogenated alkanes) is 2. The van der Waals surface area contributed by atoms with Crippen molar-refractivity contribution in [3.8, 4) is 11.5 Å². The van der Waals surface area contributed by atoms with Crippen LogP contribution in [0.4, 0.5) is 5.69 Å². The van der Waals surface area contributed by atoms with Gasteiger partial charge in [0.05, 0.1) is 28.9 Å². The highest BCUT2D eigenvalue weighted by atomic mass is 16.7. The van der Waals surface area contributed by atoms with Gasteiger partial charge < -0.3 is 34.2 Å². The maximum absolute atomic E-state index is 15.6. The van der Waals surface area contributed by atoms with E-state index in [9.17, 15) is 20.3 Å². The second-order valence-electron chi connectivity index (χ2n) is 20.4. The molecule has 0 bridgehead atoms. The number of hydrogen-bond acceptors (Lipinski definition) is 11. The largest absolute Gasteiger partial charge is 0.487 e. The predicted octanol–water partition coefficient (Wildman–Crippen LogP) is 11.9. The van der Waals surface area contributed by atoms with Crippen molar-refractivity contribution >= 4 is 28.1 Å². The highest BCUT2D eigenvalue weighted by molar-refractivity contribution is 6.03. The van der Waals surface area contributed by atoms with E-state index < -0.39 is 22.7 Å². The number of aliphatic hydroxyl groups excluding tert-OH is 2. The van der Waals surface area contributed by atoms with Gasteiger partial charge in [0, 0.05) is 61.9 Å². The molecule has 1 amide bonds. The molecule has 13 nitrogen and oxygen atoms in total. The lowest BCUT2D eigenvalue weighted by molar-refractivity contribution is -0.384. The molecule has 5 aromatic rings. The van der Waals surface area contributed by atoms with E-state index in [1.165, 1.54) is 25.0 Å². The van der Waals surface area contributed by atoms with Crippen LogP contribution in [0.2, 0.25) is 0 Å². The van der Waals surface area contributed by atoms with E-state index in [-0.39, 0.29) is 68.8 Å². The summed E-state index contributed by atoms with van der Waals surface area (Å²) >= 11 is 0. The van der Waals surface area contributed by atoms with E-state index in [0.717, 1.165) is 89.4 Å². The van der Waals surface area contributed by atoms with Gasteiger partial charge in [0.15, 0.2) is 0 Å². The molecule has 13 heteroatoms. The molecule has 2 fully saturated rings. The van der Waals surface area contributed by atoms with Gasteiger partial charge in [-0.15, -0.1) is 6.58 Å². The summed E-state index contributed by atoms with van der Waals surface area (Å²) < 4.78 is 21.5. The van der Waals surface area contributed by atoms with E-state index in [1.54, 1.807) is 18.2 Å². The Bertz CT molecular complexity index is 2770. The summed E-state index contributed by atoms with van der Waals surface area (Å²) in [5.74, 6) is -0.334. The standard InChI is InChI=1S/C60H70N4O9/c1-3-34-71-60-56(63(57(67)31-26-42-15-4-5-16-42)38-46-20-13-19-44-17-6-7-22-50(44)46)37-54(62-72-39-43-24-27-48(28-25-43)64(68)69)52-35-45(18-8-10-32-65)51(23-9-11-33-66)58(59(52)60)53-36-49(29-30-55(53)73-60)70-40-47-21-12-14-41(2)61-47/h3,6-7,12-14,17,19-22,24-25,27-30,35-36,42,45,51,56,58-59,65-66H,1,4-5,8-11,15-16,18,23,26,31-34,37-40H2,2H3/t45-,51+,56-,58+,59+,60+/m0/s1. The molecule has 2 N–H and O–H groups in total. The Balaban J connectivity index is 1.23. The molecule has 4 aliphatic rings. The third kappa shape index (κ3) is 11.7. The van der Waals surface area contributed by atoms with E-state index in [2.05, 4.69) is 49.1 Å². The van der Waals surface area contributed by atoms with Crippen LogP contribution in [0.5, 0.6) is 11.5 Å². The van der Waals surface area contributed by atoms with Crippen LogP contribution in [0.15, 0.2) is 133 Å². The Hall–Kier alpha value is -6.41. The van der Waals surface area contributed by atoms with E-state index in [1.807, 2.05) is 54.3 Å². The minimum atomic E-state index is -1.44. The molecular weight excluding hydrogens is 921 g/mol. The van der Waals surface area contributed by atoms with Crippen LogP contribution in [0.3, 0.4) is 0 Å². The van der Waals surface area contributed by atoms with Crippen molar-refractivity contribution in [3.63, 3.8) is 0 Å². The lowest BCUT2D eigenvalue weighted by Crippen LogP contribution is -2.70. The number of carbonyl (C=O) groups is 1. The molecule has 3 aliphatic carbocycles. The number of allylic oxidation sites excluding steroid dienone is 1. The Kier molecular flexibility index (Phi) is 17.0. The molecule has 0 radical (unpaired) electrons. The number of aliphatic hydroxyl groups is 2. The Morgan fingerprint density at radius 1 is 0.932 bits per heavy atom. The molecule has 1 aliphatic heterocycles. The van der Waals surface area contributed by atoms with Crippen LogP contribution >= 0.6 is 0 Å². The normalized spacial score (nSPS) is 22.8. The topological polar surface area (TPSA) is 166 Å². The van der Waals surface area contributed by atoms with Crippen LogP contribution in [0.25, 0.3) is 10.8 Å². The second kappa shape index (κ2) is 24.1. The monoisotopic (exact) mass is 991 g/mol. The number of nitro groups is 1. The summed E-state index contributed by atoms with van der Waals surface area (Å²) in [6.45, 7) is 7.03. The number of oxime groups is 1. The van der Waals surface area contributed by atoms with Gasteiger partial charge in [0.1, 0.15) is 30.8 Å². The lowest BCUT2D eigenvalue weighted by Gasteiger charge is -2.60. The highest BCUT2D eigenvalue weighted by Crippen LogP contribution is 2.62. The Morgan fingerprint density at radius 3 is 2.47 bits per heavy atom. The summed E-state index contributed by atoms with van der Waals surface area (Å²) in [5, 5.41) is 38.9. The fraction of sp³-hybridized carbons (Fsp3) is 0.450. The van der Waals surface area contributed by atoms with Crippen molar-refractivity contribution in [2.24, 2.45) is 28.8 Å². The maximum atomic E-state index is 15.6. The van der Waals surface area contributed by atoms with Crippen LogP contribution in [0.1, 0.15) is 117 Å². The number of fused-ring (bicyclic) bond motifs is 3. The van der Waals surface area contributed by atoms with Gasteiger partial charge in [0.25, 0.3) is 5.69 Å². The number of nitrogens with zero attached hydrogens (tertiary/aromatic N) is 4. The fourth-order valence-corrected chi connectivity index (χ4v) is 12.2. The molecule has 0 spiro atoms. The summed E-state index contributed by atoms with van der Waals surface area (Å²) in [6, 6.07) is 32.0. The molecule has 6 atom stereocenters. The fourth-order valence-electron chi connectivity index (χ4n) is 12.2. The van der Waals surface area contributed by atoms with E-state index >= 15 is 4.79 Å². The van der Waals surface area contributed by atoms with E-state index in [0.29, 0.717) is 48.9 Å². The Morgan fingerprint density at radius 2 is 1.70 bits per heavy atom. The van der Waals surface area contributed by atoms with E-state index in [4.69, 9.17) is 29.2 Å². The third-order valence-electron chi connectivity index (χ3n) is 15.7. The molecule has 0 unspecified atom stereocenters. The van der Waals surface area contributed by atoms with Gasteiger partial charge in [0.2, 0.25) is 11.7 Å². The van der Waals surface area contributed by atoms with Gasteiger partial charge in [-0.2, -0.15) is 0 Å². The number of nitro benzene ring substituents is 1. The number of rotatable bonds is 24. The first kappa shape index (κ1) is 51.5. The average Bonchev–Trinajstić information content (AvgIpc) is 3.94. The number of benzene rings is 4. The number of pyridine rings is 1. The van der Waals surface area contributed by atoms with Crippen molar-refractivity contribution in [2.75, 3.05) is 19.8 Å². The number of amides is 1. The molecule has 73 heavy (non-hydrogen) atoms. The van der Waals surface area contributed by atoms with Crippen molar-refractivity contribution in [1.82, 2.24) is 9.88 Å². The summed E-state index contributed by atoms with van der Waals surface area (Å²) in [5.41, 5.74) is 5.99. The summed E-state index contributed by atoms with van der Waals surface area (Å²) in [7, 11) is 0. The third-order valence-corrected chi connectivity index (χ3v) is 15.7. The first-order valence-electron chi connectivity index (χ1n) is 26.4. The summed E-state index contributed by atoms with van der Waals surface area (Å²) in [4.78, 5) is 39.7. The zero-order chi connectivity index (χ0) is 50.7. The van der Waals surface area contributed by atoms with Crippen molar-refractivity contribution in [3.05, 3.63) is 166 Å². The predicted molar refractivity (Wildman–Crippen MR) is 282 cm³/mol. The first-order chi connectivity index (χ1) is 35.7. The average molecular weight is 991 g/mol. The number of ether oxygens (including phenoxy) is 3. The van der Waals surface area contributed by atoms with Crippen LogP contribution in [-0.4, -0.2) is 68.3 Å². The minimum absolute atomic E-state index is 0.0120. The van der Waals surface area contributed by atoms with Gasteiger partial charge in [-0.25, -0.2) is 0 Å². The maximum Gasteiger partial charge on any atom is 0.269 e. The van der Waals surface area contributed by atoms with Crippen molar-refractivity contribution in [1.29, 1.82) is 0 Å². The van der Waals surface area contributed by atoms with Gasteiger partial charge in [-0.05, 0) is 127 Å². The van der Waals surface area contributed by atoms with Crippen molar-refractivity contribution < 1.29 is 39.0 Å². The van der Waals surface area contributed by atoms with Gasteiger partial charge in [-0.3, -0.25) is 19.9 Å². The molecule has 2 heterocycles. The lowest BCUT2D eigenvalue weighted by atomic mass is 9.55. The molecule has 1 aromatic heterocycles.